The highest BCUT2D eigenvalue weighted by atomic mass is 16.2. The number of carbonyl (C=O) groups is 3. The molecule has 0 saturated heterocycles. The summed E-state index contributed by atoms with van der Waals surface area (Å²) in [6.07, 6.45) is 15.7. The highest BCUT2D eigenvalue weighted by Gasteiger charge is 2.25. The molecule has 7 heteroatoms. The van der Waals surface area contributed by atoms with Gasteiger partial charge in [-0.3, -0.25) is 14.4 Å². The van der Waals surface area contributed by atoms with E-state index in [1.54, 1.807) is 0 Å². The van der Waals surface area contributed by atoms with Crippen LogP contribution in [0, 0.1) is 0 Å². The second-order valence-corrected chi connectivity index (χ2v) is 9.19. The first-order valence-corrected chi connectivity index (χ1v) is 13.1. The third kappa shape index (κ3) is 11.6. The fraction of sp³-hybridized carbons (Fsp3) is 0.667. The van der Waals surface area contributed by atoms with Gasteiger partial charge in [-0.15, -0.1) is 0 Å². The Morgan fingerprint density at radius 1 is 0.794 bits per heavy atom. The smallest absolute Gasteiger partial charge is 0.249 e. The van der Waals surface area contributed by atoms with Crippen molar-refractivity contribution in [3.8, 4) is 0 Å². The van der Waals surface area contributed by atoms with Crippen molar-refractivity contribution >= 4 is 17.7 Å². The zero-order chi connectivity index (χ0) is 25.2. The van der Waals surface area contributed by atoms with Crippen LogP contribution in [-0.2, 0) is 4.79 Å². The summed E-state index contributed by atoms with van der Waals surface area (Å²) in [6.45, 7) is 3.35. The molecule has 7 nitrogen and oxygen atoms in total. The van der Waals surface area contributed by atoms with E-state index >= 15 is 0 Å². The number of rotatable bonds is 20. The topological polar surface area (TPSA) is 141 Å². The Kier molecular flexibility index (Phi) is 15.7. The number of carbonyl (C=O) groups excluding carboxylic acids is 3. The minimum atomic E-state index is -0.631. The van der Waals surface area contributed by atoms with Crippen LogP contribution in [0.3, 0.4) is 0 Å². The van der Waals surface area contributed by atoms with Crippen LogP contribution in [0.25, 0.3) is 0 Å². The Labute approximate surface area is 205 Å². The van der Waals surface area contributed by atoms with Gasteiger partial charge in [0, 0.05) is 17.7 Å². The summed E-state index contributed by atoms with van der Waals surface area (Å²) >= 11 is 0. The number of nitrogens with two attached hydrogens (primary N) is 3. The zero-order valence-electron chi connectivity index (χ0n) is 21.1. The second kappa shape index (κ2) is 18.0. The summed E-state index contributed by atoms with van der Waals surface area (Å²) in [7, 11) is 0. The Hall–Kier alpha value is -2.41. The maximum absolute atomic E-state index is 13.1. The Bertz CT molecular complexity index is 751. The molecule has 192 valence electrons. The highest BCUT2D eigenvalue weighted by Crippen LogP contribution is 2.27. The number of primary amides is 2. The maximum atomic E-state index is 13.1. The van der Waals surface area contributed by atoms with Crippen LogP contribution in [0.4, 0.5) is 0 Å². The fourth-order valence-electron chi connectivity index (χ4n) is 4.27. The van der Waals surface area contributed by atoms with Crippen LogP contribution in [0.15, 0.2) is 18.2 Å². The minimum Gasteiger partial charge on any atom is -0.366 e. The van der Waals surface area contributed by atoms with Gasteiger partial charge in [0.05, 0.1) is 5.92 Å². The van der Waals surface area contributed by atoms with Crippen molar-refractivity contribution < 1.29 is 14.4 Å². The SMILES string of the molecule is CCCCCCCCCCCCCNC(=O)[C@@H](CCCCN)c1cc(C(N)=O)ccc1C(N)=O. The van der Waals surface area contributed by atoms with Gasteiger partial charge in [0.1, 0.15) is 0 Å². The van der Waals surface area contributed by atoms with Crippen LogP contribution in [0.2, 0.25) is 0 Å². The highest BCUT2D eigenvalue weighted by molar-refractivity contribution is 6.00. The van der Waals surface area contributed by atoms with E-state index in [9.17, 15) is 14.4 Å². The standard InChI is InChI=1S/C27H46N4O3/c1-2-3-4-5-6-7-8-9-10-11-14-19-31-27(34)23(15-12-13-18-28)24-20-21(25(29)32)16-17-22(24)26(30)33/h16-17,20,23H,2-15,18-19,28H2,1H3,(H2,29,32)(H2,30,33)(H,31,34)/t23-/m0/s1. The lowest BCUT2D eigenvalue weighted by Crippen LogP contribution is -2.32. The van der Waals surface area contributed by atoms with Gasteiger partial charge in [0.2, 0.25) is 17.7 Å². The number of hydrogen-bond donors (Lipinski definition) is 4. The molecule has 0 aliphatic carbocycles. The first-order chi connectivity index (χ1) is 16.4. The average molecular weight is 475 g/mol. The molecule has 7 N–H and O–H groups in total. The van der Waals surface area contributed by atoms with Crippen molar-refractivity contribution in [1.82, 2.24) is 5.32 Å². The van der Waals surface area contributed by atoms with E-state index in [-0.39, 0.29) is 17.0 Å². The number of nitrogens with one attached hydrogen (secondary N) is 1. The molecule has 0 saturated carbocycles. The van der Waals surface area contributed by atoms with Gasteiger partial charge < -0.3 is 22.5 Å². The largest absolute Gasteiger partial charge is 0.366 e. The van der Waals surface area contributed by atoms with Crippen molar-refractivity contribution in [3.63, 3.8) is 0 Å². The molecule has 0 aromatic heterocycles. The van der Waals surface area contributed by atoms with Crippen LogP contribution < -0.4 is 22.5 Å². The van der Waals surface area contributed by atoms with Crippen molar-refractivity contribution in [2.75, 3.05) is 13.1 Å². The molecule has 1 aromatic rings. The van der Waals surface area contributed by atoms with Gasteiger partial charge in [-0.1, -0.05) is 77.6 Å². The summed E-state index contributed by atoms with van der Waals surface area (Å²) in [6, 6.07) is 4.47. The number of benzene rings is 1. The molecule has 0 fully saturated rings. The van der Waals surface area contributed by atoms with E-state index in [1.807, 2.05) is 0 Å². The lowest BCUT2D eigenvalue weighted by atomic mass is 9.87. The third-order valence-electron chi connectivity index (χ3n) is 6.32. The van der Waals surface area contributed by atoms with E-state index in [1.165, 1.54) is 76.0 Å². The quantitative estimate of drug-likeness (QED) is 0.206. The van der Waals surface area contributed by atoms with Gasteiger partial charge in [-0.25, -0.2) is 0 Å². The normalized spacial score (nSPS) is 11.8. The molecular weight excluding hydrogens is 428 g/mol. The minimum absolute atomic E-state index is 0.159. The van der Waals surface area contributed by atoms with Crippen molar-refractivity contribution in [2.45, 2.75) is 103 Å². The van der Waals surface area contributed by atoms with E-state index < -0.39 is 17.7 Å². The summed E-state index contributed by atoms with van der Waals surface area (Å²) in [5, 5.41) is 3.02. The predicted molar refractivity (Wildman–Crippen MR) is 139 cm³/mol. The third-order valence-corrected chi connectivity index (χ3v) is 6.32. The van der Waals surface area contributed by atoms with Crippen LogP contribution in [0.5, 0.6) is 0 Å². The monoisotopic (exact) mass is 474 g/mol. The number of unbranched alkanes of at least 4 members (excludes halogenated alkanes) is 11. The molecule has 0 spiro atoms. The summed E-state index contributed by atoms with van der Waals surface area (Å²) in [5.74, 6) is -1.98. The fourth-order valence-corrected chi connectivity index (χ4v) is 4.27. The molecule has 1 atom stereocenters. The molecule has 0 bridgehead atoms. The lowest BCUT2D eigenvalue weighted by Gasteiger charge is -2.20. The molecule has 34 heavy (non-hydrogen) atoms. The van der Waals surface area contributed by atoms with Crippen LogP contribution >= 0.6 is 0 Å². The zero-order valence-corrected chi connectivity index (χ0v) is 21.1. The first kappa shape index (κ1) is 29.6. The Morgan fingerprint density at radius 2 is 1.38 bits per heavy atom. The molecule has 0 unspecified atom stereocenters. The molecule has 0 aliphatic rings. The van der Waals surface area contributed by atoms with E-state index in [2.05, 4.69) is 12.2 Å². The average Bonchev–Trinajstić information content (AvgIpc) is 2.82. The van der Waals surface area contributed by atoms with Gasteiger partial charge in [-0.2, -0.15) is 0 Å². The summed E-state index contributed by atoms with van der Waals surface area (Å²) in [4.78, 5) is 36.7. The first-order valence-electron chi connectivity index (χ1n) is 13.1. The van der Waals surface area contributed by atoms with Crippen LogP contribution in [-0.4, -0.2) is 30.8 Å². The van der Waals surface area contributed by atoms with Crippen molar-refractivity contribution in [1.29, 1.82) is 0 Å². The van der Waals surface area contributed by atoms with Crippen molar-refractivity contribution in [2.24, 2.45) is 17.2 Å². The van der Waals surface area contributed by atoms with Gasteiger partial charge >= 0.3 is 0 Å². The summed E-state index contributed by atoms with van der Waals surface area (Å²) in [5.41, 5.74) is 17.5. The summed E-state index contributed by atoms with van der Waals surface area (Å²) < 4.78 is 0. The van der Waals surface area contributed by atoms with Crippen molar-refractivity contribution in [3.05, 3.63) is 34.9 Å². The van der Waals surface area contributed by atoms with E-state index in [0.29, 0.717) is 25.1 Å². The molecule has 0 aliphatic heterocycles. The Morgan fingerprint density at radius 3 is 1.91 bits per heavy atom. The van der Waals surface area contributed by atoms with E-state index in [0.717, 1.165) is 25.7 Å². The lowest BCUT2D eigenvalue weighted by molar-refractivity contribution is -0.122. The van der Waals surface area contributed by atoms with Gasteiger partial charge in [0.25, 0.3) is 0 Å². The second-order valence-electron chi connectivity index (χ2n) is 9.19. The Balaban J connectivity index is 2.56. The molecule has 3 amide bonds. The van der Waals surface area contributed by atoms with Crippen LogP contribution in [0.1, 0.15) is 129 Å². The molecule has 0 radical (unpaired) electrons. The maximum Gasteiger partial charge on any atom is 0.249 e. The molecular formula is C27H46N4O3. The molecule has 1 rings (SSSR count). The number of amides is 3. The molecule has 0 heterocycles. The van der Waals surface area contributed by atoms with Gasteiger partial charge in [-0.05, 0) is 49.6 Å². The van der Waals surface area contributed by atoms with E-state index in [4.69, 9.17) is 17.2 Å². The van der Waals surface area contributed by atoms with Gasteiger partial charge in [0.15, 0.2) is 0 Å². The number of hydrogen-bond acceptors (Lipinski definition) is 4. The predicted octanol–water partition coefficient (Wildman–Crippen LogP) is 4.52. The molecule has 1 aromatic carbocycles.